The minimum absolute atomic E-state index is 0.0694. The van der Waals surface area contributed by atoms with Crippen molar-refractivity contribution in [3.05, 3.63) is 59.7 Å². The number of carbonyl (C=O) groups is 2. The van der Waals surface area contributed by atoms with E-state index in [-0.39, 0.29) is 17.5 Å². The van der Waals surface area contributed by atoms with Crippen molar-refractivity contribution in [2.75, 3.05) is 19.0 Å². The number of hydrogen-bond donors (Lipinski definition) is 1. The van der Waals surface area contributed by atoms with Crippen LogP contribution in [0.3, 0.4) is 0 Å². The third kappa shape index (κ3) is 5.86. The maximum Gasteiger partial charge on any atom is 0.169 e. The van der Waals surface area contributed by atoms with E-state index in [1.807, 2.05) is 45.0 Å². The molecule has 0 N–H and O–H groups in total. The van der Waals surface area contributed by atoms with Gasteiger partial charge in [-0.15, -0.1) is 0 Å². The van der Waals surface area contributed by atoms with Crippen LogP contribution in [0.5, 0.6) is 11.5 Å². The second kappa shape index (κ2) is 9.78. The van der Waals surface area contributed by atoms with Crippen molar-refractivity contribution < 1.29 is 19.1 Å². The first-order chi connectivity index (χ1) is 13.2. The second-order valence-electron chi connectivity index (χ2n) is 7.49. The van der Waals surface area contributed by atoms with Gasteiger partial charge >= 0.3 is 0 Å². The number of thiol groups is 1. The van der Waals surface area contributed by atoms with Crippen molar-refractivity contribution in [3.63, 3.8) is 0 Å². The zero-order valence-electron chi connectivity index (χ0n) is 16.9. The Balaban J connectivity index is 1.81. The lowest BCUT2D eigenvalue weighted by Crippen LogP contribution is -2.26. The molecule has 0 aliphatic carbocycles. The van der Waals surface area contributed by atoms with E-state index in [0.29, 0.717) is 30.3 Å². The van der Waals surface area contributed by atoms with Crippen molar-refractivity contribution in [2.45, 2.75) is 33.6 Å². The van der Waals surface area contributed by atoms with E-state index >= 15 is 0 Å². The molecule has 150 valence electrons. The SMILES string of the molecule is CC(=O)C(C)c1ccc(OCCOc2ccc(C(=O)C(C)(C)CS)cc2)cc1. The van der Waals surface area contributed by atoms with Crippen LogP contribution in [0.15, 0.2) is 48.5 Å². The lowest BCUT2D eigenvalue weighted by molar-refractivity contribution is -0.118. The fourth-order valence-electron chi connectivity index (χ4n) is 2.57. The van der Waals surface area contributed by atoms with Gasteiger partial charge in [0.2, 0.25) is 0 Å². The first kappa shape index (κ1) is 22.0. The van der Waals surface area contributed by atoms with Gasteiger partial charge in [0, 0.05) is 22.6 Å². The maximum absolute atomic E-state index is 12.4. The van der Waals surface area contributed by atoms with Gasteiger partial charge in [-0.05, 0) is 48.9 Å². The lowest BCUT2D eigenvalue weighted by atomic mass is 9.86. The van der Waals surface area contributed by atoms with E-state index in [4.69, 9.17) is 9.47 Å². The van der Waals surface area contributed by atoms with Gasteiger partial charge in [-0.25, -0.2) is 0 Å². The molecule has 0 spiro atoms. The molecule has 28 heavy (non-hydrogen) atoms. The van der Waals surface area contributed by atoms with Gasteiger partial charge in [0.05, 0.1) is 0 Å². The highest BCUT2D eigenvalue weighted by Crippen LogP contribution is 2.24. The molecule has 0 saturated heterocycles. The molecule has 0 bridgehead atoms. The van der Waals surface area contributed by atoms with Gasteiger partial charge in [-0.2, -0.15) is 12.6 Å². The number of benzene rings is 2. The topological polar surface area (TPSA) is 52.6 Å². The number of rotatable bonds is 10. The van der Waals surface area contributed by atoms with Gasteiger partial charge in [0.25, 0.3) is 0 Å². The summed E-state index contributed by atoms with van der Waals surface area (Å²) in [5.41, 5.74) is 1.14. The average Bonchev–Trinajstić information content (AvgIpc) is 2.71. The van der Waals surface area contributed by atoms with Crippen LogP contribution in [0.25, 0.3) is 0 Å². The number of ketones is 2. The molecule has 0 fully saturated rings. The summed E-state index contributed by atoms with van der Waals surface area (Å²) in [6.07, 6.45) is 0. The van der Waals surface area contributed by atoms with Crippen LogP contribution in [0.4, 0.5) is 0 Å². The highest BCUT2D eigenvalue weighted by atomic mass is 32.1. The molecule has 1 unspecified atom stereocenters. The third-order valence-electron chi connectivity index (χ3n) is 4.74. The Bertz CT molecular complexity index is 794. The van der Waals surface area contributed by atoms with Crippen LogP contribution in [-0.2, 0) is 4.79 Å². The monoisotopic (exact) mass is 400 g/mol. The van der Waals surface area contributed by atoms with E-state index < -0.39 is 5.41 Å². The molecule has 5 heteroatoms. The van der Waals surface area contributed by atoms with Crippen molar-refractivity contribution in [1.82, 2.24) is 0 Å². The molecule has 0 aromatic heterocycles. The average molecular weight is 401 g/mol. The number of carbonyl (C=O) groups excluding carboxylic acids is 2. The van der Waals surface area contributed by atoms with Crippen LogP contribution in [0.1, 0.15) is 49.5 Å². The standard InChI is InChI=1S/C23H28O4S/c1-16(17(2)24)18-5-9-20(10-6-18)26-13-14-27-21-11-7-19(8-12-21)22(25)23(3,4)15-28/h5-12,16,28H,13-15H2,1-4H3. The molecule has 0 amide bonds. The van der Waals surface area contributed by atoms with Gasteiger partial charge in [-0.1, -0.05) is 32.9 Å². The van der Waals surface area contributed by atoms with Crippen molar-refractivity contribution >= 4 is 24.2 Å². The summed E-state index contributed by atoms with van der Waals surface area (Å²) in [7, 11) is 0. The molecule has 0 aliphatic heterocycles. The molecule has 2 aromatic carbocycles. The number of hydrogen-bond acceptors (Lipinski definition) is 5. The summed E-state index contributed by atoms with van der Waals surface area (Å²) in [5.74, 6) is 2.03. The first-order valence-corrected chi connectivity index (χ1v) is 9.99. The fourth-order valence-corrected chi connectivity index (χ4v) is 2.72. The molecular weight excluding hydrogens is 372 g/mol. The second-order valence-corrected chi connectivity index (χ2v) is 7.81. The summed E-state index contributed by atoms with van der Waals surface area (Å²) in [5, 5.41) is 0. The minimum atomic E-state index is -0.489. The zero-order valence-corrected chi connectivity index (χ0v) is 17.8. The predicted molar refractivity (Wildman–Crippen MR) is 115 cm³/mol. The molecular formula is C23H28O4S. The van der Waals surface area contributed by atoms with Gasteiger partial charge < -0.3 is 9.47 Å². The van der Waals surface area contributed by atoms with Crippen LogP contribution >= 0.6 is 12.6 Å². The molecule has 0 radical (unpaired) electrons. The van der Waals surface area contributed by atoms with Gasteiger partial charge in [0.15, 0.2) is 5.78 Å². The Morgan fingerprint density at radius 2 is 1.39 bits per heavy atom. The van der Waals surface area contributed by atoms with E-state index in [1.54, 1.807) is 31.2 Å². The van der Waals surface area contributed by atoms with Crippen LogP contribution < -0.4 is 9.47 Å². The summed E-state index contributed by atoms with van der Waals surface area (Å²) < 4.78 is 11.3. The Labute approximate surface area is 172 Å². The first-order valence-electron chi connectivity index (χ1n) is 9.36. The smallest absolute Gasteiger partial charge is 0.169 e. The normalized spacial score (nSPS) is 12.3. The molecule has 0 heterocycles. The van der Waals surface area contributed by atoms with Crippen LogP contribution in [-0.4, -0.2) is 30.5 Å². The van der Waals surface area contributed by atoms with Gasteiger partial charge in [-0.3, -0.25) is 9.59 Å². The predicted octanol–water partition coefficient (Wildman–Crippen LogP) is 4.98. The molecule has 4 nitrogen and oxygen atoms in total. The highest BCUT2D eigenvalue weighted by molar-refractivity contribution is 7.80. The number of Topliss-reactive ketones (excluding diaryl/α,β-unsaturated/α-hetero) is 2. The van der Waals surface area contributed by atoms with Gasteiger partial charge in [0.1, 0.15) is 30.5 Å². The maximum atomic E-state index is 12.4. The molecule has 1 atom stereocenters. The van der Waals surface area contributed by atoms with Crippen LogP contribution in [0.2, 0.25) is 0 Å². The fraction of sp³-hybridized carbons (Fsp3) is 0.391. The van der Waals surface area contributed by atoms with E-state index in [9.17, 15) is 9.59 Å². The van der Waals surface area contributed by atoms with E-state index in [1.165, 1.54) is 0 Å². The third-order valence-corrected chi connectivity index (χ3v) is 5.53. The molecule has 2 aromatic rings. The minimum Gasteiger partial charge on any atom is -0.490 e. The Morgan fingerprint density at radius 3 is 1.82 bits per heavy atom. The van der Waals surface area contributed by atoms with E-state index in [0.717, 1.165) is 11.3 Å². The van der Waals surface area contributed by atoms with Crippen molar-refractivity contribution in [2.24, 2.45) is 5.41 Å². The van der Waals surface area contributed by atoms with Crippen molar-refractivity contribution in [1.29, 1.82) is 0 Å². The largest absolute Gasteiger partial charge is 0.490 e. The van der Waals surface area contributed by atoms with Crippen LogP contribution in [0, 0.1) is 5.41 Å². The lowest BCUT2D eigenvalue weighted by Gasteiger charge is -2.20. The quantitative estimate of drug-likeness (QED) is 0.347. The number of ether oxygens (including phenoxy) is 2. The Kier molecular flexibility index (Phi) is 7.69. The summed E-state index contributed by atoms with van der Waals surface area (Å²) >= 11 is 4.25. The summed E-state index contributed by atoms with van der Waals surface area (Å²) in [6.45, 7) is 8.05. The Hall–Kier alpha value is -2.27. The molecule has 0 saturated carbocycles. The zero-order chi connectivity index (χ0) is 20.7. The van der Waals surface area contributed by atoms with E-state index in [2.05, 4.69) is 12.6 Å². The van der Waals surface area contributed by atoms with Crippen molar-refractivity contribution in [3.8, 4) is 11.5 Å². The highest BCUT2D eigenvalue weighted by Gasteiger charge is 2.26. The molecule has 0 aliphatic rings. The molecule has 2 rings (SSSR count). The summed E-state index contributed by atoms with van der Waals surface area (Å²) in [6, 6.07) is 14.7. The Morgan fingerprint density at radius 1 is 0.929 bits per heavy atom. The summed E-state index contributed by atoms with van der Waals surface area (Å²) in [4.78, 5) is 23.8.